The lowest BCUT2D eigenvalue weighted by molar-refractivity contribution is 0.262. The Bertz CT molecular complexity index is 1010. The van der Waals surface area contributed by atoms with Gasteiger partial charge in [-0.3, -0.25) is 5.32 Å². The Kier molecular flexibility index (Phi) is 6.27. The molecule has 29 heavy (non-hydrogen) atoms. The molecule has 0 radical (unpaired) electrons. The minimum atomic E-state index is -3.49. The van der Waals surface area contributed by atoms with Crippen LogP contribution in [0.2, 0.25) is 0 Å². The molecule has 2 amide bonds. The summed E-state index contributed by atoms with van der Waals surface area (Å²) >= 11 is 1.26. The molecule has 1 aliphatic rings. The van der Waals surface area contributed by atoms with Gasteiger partial charge in [-0.25, -0.2) is 9.78 Å². The summed E-state index contributed by atoms with van der Waals surface area (Å²) in [5.74, 6) is 1.07. The number of nitrogens with one attached hydrogen (secondary N) is 2. The van der Waals surface area contributed by atoms with Crippen molar-refractivity contribution in [2.24, 2.45) is 0 Å². The molecule has 0 saturated heterocycles. The fourth-order valence-corrected chi connectivity index (χ4v) is 4.98. The largest absolute Gasteiger partial charge is 0.497 e. The van der Waals surface area contributed by atoms with E-state index in [-0.39, 0.29) is 6.54 Å². The van der Waals surface area contributed by atoms with Gasteiger partial charge in [0.15, 0.2) is 5.13 Å². The molecule has 0 aliphatic carbocycles. The third-order valence-electron chi connectivity index (χ3n) is 4.36. The van der Waals surface area contributed by atoms with Crippen molar-refractivity contribution in [3.05, 3.63) is 28.8 Å². The number of hydrogen-bond donors (Lipinski definition) is 2. The summed E-state index contributed by atoms with van der Waals surface area (Å²) < 4.78 is 37.6. The first kappa shape index (κ1) is 21.3. The maximum absolute atomic E-state index is 12.4. The minimum absolute atomic E-state index is 0.239. The molecule has 12 heteroatoms. The summed E-state index contributed by atoms with van der Waals surface area (Å²) in [5, 5.41) is 5.82. The molecule has 2 N–H and O–H groups in total. The molecular formula is C17H23N5O5S2. The molecule has 0 saturated carbocycles. The number of benzene rings is 1. The predicted molar refractivity (Wildman–Crippen MR) is 111 cm³/mol. The van der Waals surface area contributed by atoms with Gasteiger partial charge in [0.1, 0.15) is 11.5 Å². The van der Waals surface area contributed by atoms with Gasteiger partial charge >= 0.3 is 6.03 Å². The molecule has 1 aromatic carbocycles. The number of hydrogen-bond acceptors (Lipinski definition) is 7. The highest BCUT2D eigenvalue weighted by atomic mass is 32.2. The van der Waals surface area contributed by atoms with Gasteiger partial charge in [-0.2, -0.15) is 17.0 Å². The van der Waals surface area contributed by atoms with Gasteiger partial charge in [0.2, 0.25) is 0 Å². The average molecular weight is 442 g/mol. The second kappa shape index (κ2) is 8.53. The molecule has 0 spiro atoms. The monoisotopic (exact) mass is 441 g/mol. The van der Waals surface area contributed by atoms with Gasteiger partial charge in [-0.05, 0) is 12.1 Å². The standard InChI is InChI=1S/C17H23N5O5S2/c1-21(2)29(24,25)22-8-7-13-15(10-22)28-17(19-13)20-16(23)18-12-6-5-11(26-3)9-14(12)27-4/h5-6,9H,7-8,10H2,1-4H3,(H2,18,19,20,23). The Labute approximate surface area is 173 Å². The topological polar surface area (TPSA) is 113 Å². The lowest BCUT2D eigenvalue weighted by Gasteiger charge is -2.27. The number of anilines is 2. The summed E-state index contributed by atoms with van der Waals surface area (Å²) in [7, 11) is 2.56. The van der Waals surface area contributed by atoms with Gasteiger partial charge in [-0.1, -0.05) is 11.3 Å². The van der Waals surface area contributed by atoms with Gasteiger partial charge in [0, 0.05) is 38.0 Å². The van der Waals surface area contributed by atoms with Gasteiger partial charge < -0.3 is 14.8 Å². The molecule has 2 aromatic rings. The van der Waals surface area contributed by atoms with E-state index in [4.69, 9.17) is 9.47 Å². The number of fused-ring (bicyclic) bond motifs is 1. The van der Waals surface area contributed by atoms with Crippen LogP contribution in [0.5, 0.6) is 11.5 Å². The second-order valence-electron chi connectivity index (χ2n) is 6.41. The van der Waals surface area contributed by atoms with Crippen LogP contribution >= 0.6 is 11.3 Å². The molecule has 3 rings (SSSR count). The first-order valence-electron chi connectivity index (χ1n) is 8.70. The smallest absolute Gasteiger partial charge is 0.325 e. The third kappa shape index (κ3) is 4.61. The number of carbonyl (C=O) groups excluding carboxylic acids is 1. The second-order valence-corrected chi connectivity index (χ2v) is 9.63. The van der Waals surface area contributed by atoms with E-state index in [1.54, 1.807) is 25.3 Å². The number of amides is 2. The van der Waals surface area contributed by atoms with E-state index < -0.39 is 16.2 Å². The SMILES string of the molecule is COc1ccc(NC(=O)Nc2nc3c(s2)CN(S(=O)(=O)N(C)C)CC3)c(OC)c1. The molecule has 0 unspecified atom stereocenters. The van der Waals surface area contributed by atoms with Crippen molar-refractivity contribution in [3.63, 3.8) is 0 Å². The van der Waals surface area contributed by atoms with E-state index in [2.05, 4.69) is 15.6 Å². The Morgan fingerprint density at radius 3 is 2.66 bits per heavy atom. The first-order valence-corrected chi connectivity index (χ1v) is 10.9. The van der Waals surface area contributed by atoms with Crippen molar-refractivity contribution in [1.82, 2.24) is 13.6 Å². The van der Waals surface area contributed by atoms with Crippen LogP contribution in [-0.2, 0) is 23.2 Å². The van der Waals surface area contributed by atoms with E-state index in [1.807, 2.05) is 0 Å². The lowest BCUT2D eigenvalue weighted by atomic mass is 10.2. The van der Waals surface area contributed by atoms with Gasteiger partial charge in [0.05, 0.1) is 32.1 Å². The van der Waals surface area contributed by atoms with Crippen LogP contribution in [0, 0.1) is 0 Å². The molecular weight excluding hydrogens is 418 g/mol. The van der Waals surface area contributed by atoms with E-state index in [0.29, 0.717) is 35.3 Å². The maximum atomic E-state index is 12.4. The normalized spacial score (nSPS) is 14.4. The molecule has 1 aromatic heterocycles. The van der Waals surface area contributed by atoms with Crippen LogP contribution in [-0.4, -0.2) is 62.9 Å². The summed E-state index contributed by atoms with van der Waals surface area (Å²) in [6.07, 6.45) is 0.495. The third-order valence-corrected chi connectivity index (χ3v) is 7.25. The Morgan fingerprint density at radius 1 is 1.24 bits per heavy atom. The van der Waals surface area contributed by atoms with Crippen LogP contribution in [0.4, 0.5) is 15.6 Å². The highest BCUT2D eigenvalue weighted by molar-refractivity contribution is 7.86. The van der Waals surface area contributed by atoms with Crippen LogP contribution in [0.1, 0.15) is 10.6 Å². The molecule has 10 nitrogen and oxygen atoms in total. The number of aromatic nitrogens is 1. The molecule has 158 valence electrons. The van der Waals surface area contributed by atoms with Crippen molar-refractivity contribution in [2.75, 3.05) is 45.5 Å². The van der Waals surface area contributed by atoms with E-state index in [9.17, 15) is 13.2 Å². The van der Waals surface area contributed by atoms with Crippen LogP contribution < -0.4 is 20.1 Å². The quantitative estimate of drug-likeness (QED) is 0.709. The van der Waals surface area contributed by atoms with Crippen LogP contribution in [0.15, 0.2) is 18.2 Å². The molecule has 0 fully saturated rings. The molecule has 1 aliphatic heterocycles. The number of thiazole rings is 1. The fraction of sp³-hybridized carbons (Fsp3) is 0.412. The highest BCUT2D eigenvalue weighted by Crippen LogP contribution is 2.31. The average Bonchev–Trinajstić information content (AvgIpc) is 3.09. The minimum Gasteiger partial charge on any atom is -0.497 e. The lowest BCUT2D eigenvalue weighted by Crippen LogP contribution is -2.42. The van der Waals surface area contributed by atoms with Crippen molar-refractivity contribution in [1.29, 1.82) is 0 Å². The summed E-state index contributed by atoms with van der Waals surface area (Å²) in [6, 6.07) is 4.57. The molecule has 2 heterocycles. The molecule has 0 bridgehead atoms. The first-order chi connectivity index (χ1) is 13.7. The molecule has 0 atom stereocenters. The number of carbonyl (C=O) groups is 1. The Morgan fingerprint density at radius 2 is 2.00 bits per heavy atom. The zero-order valence-corrected chi connectivity index (χ0v) is 18.2. The van der Waals surface area contributed by atoms with E-state index >= 15 is 0 Å². The number of methoxy groups -OCH3 is 2. The summed E-state index contributed by atoms with van der Waals surface area (Å²) in [6.45, 7) is 0.592. The zero-order valence-electron chi connectivity index (χ0n) is 16.6. The fourth-order valence-electron chi connectivity index (χ4n) is 2.81. The number of rotatable bonds is 6. The van der Waals surface area contributed by atoms with Crippen molar-refractivity contribution >= 4 is 38.4 Å². The Hall–Kier alpha value is -2.41. The van der Waals surface area contributed by atoms with Crippen molar-refractivity contribution in [2.45, 2.75) is 13.0 Å². The predicted octanol–water partition coefficient (Wildman–Crippen LogP) is 1.97. The van der Waals surface area contributed by atoms with Crippen molar-refractivity contribution < 1.29 is 22.7 Å². The van der Waals surface area contributed by atoms with Gasteiger partial charge in [0.25, 0.3) is 10.2 Å². The summed E-state index contributed by atoms with van der Waals surface area (Å²) in [5.41, 5.74) is 1.29. The number of ether oxygens (including phenoxy) is 2. The maximum Gasteiger partial charge on any atom is 0.325 e. The zero-order chi connectivity index (χ0) is 21.2. The Balaban J connectivity index is 1.69. The van der Waals surface area contributed by atoms with E-state index in [1.165, 1.54) is 41.2 Å². The van der Waals surface area contributed by atoms with E-state index in [0.717, 1.165) is 10.6 Å². The number of nitrogens with zero attached hydrogens (tertiary/aromatic N) is 3. The highest BCUT2D eigenvalue weighted by Gasteiger charge is 2.30. The van der Waals surface area contributed by atoms with Crippen molar-refractivity contribution in [3.8, 4) is 11.5 Å². The summed E-state index contributed by atoms with van der Waals surface area (Å²) in [4.78, 5) is 17.6. The van der Waals surface area contributed by atoms with Crippen LogP contribution in [0.25, 0.3) is 0 Å². The van der Waals surface area contributed by atoms with Crippen LogP contribution in [0.3, 0.4) is 0 Å². The number of urea groups is 1. The van der Waals surface area contributed by atoms with Gasteiger partial charge in [-0.15, -0.1) is 0 Å².